The number of halogens is 3. The van der Waals surface area contributed by atoms with E-state index in [2.05, 4.69) is 20.4 Å². The fourth-order valence-corrected chi connectivity index (χ4v) is 3.66. The largest absolute Gasteiger partial charge is 0.573 e. The molecule has 31 heavy (non-hydrogen) atoms. The van der Waals surface area contributed by atoms with Gasteiger partial charge in [-0.1, -0.05) is 25.0 Å². The van der Waals surface area contributed by atoms with Gasteiger partial charge in [0.05, 0.1) is 0 Å². The van der Waals surface area contributed by atoms with E-state index in [0.717, 1.165) is 38.5 Å². The Morgan fingerprint density at radius 3 is 1.84 bits per heavy atom. The van der Waals surface area contributed by atoms with E-state index >= 15 is 0 Å². The number of benzene rings is 1. The number of anilines is 2. The summed E-state index contributed by atoms with van der Waals surface area (Å²) in [4.78, 5) is 29.1. The van der Waals surface area contributed by atoms with Crippen molar-refractivity contribution < 1.29 is 27.5 Å². The SMILES string of the molecule is O=C(Nc1cc(-c2ccc(OC(F)(F)F)cc2)cc(NC(=O)C2CC2)n1)C1CCCC1. The van der Waals surface area contributed by atoms with Crippen molar-refractivity contribution >= 4 is 23.5 Å². The van der Waals surface area contributed by atoms with E-state index in [1.54, 1.807) is 12.1 Å². The molecule has 0 radical (unpaired) electrons. The van der Waals surface area contributed by atoms with Gasteiger partial charge in [-0.05, 0) is 61.1 Å². The first kappa shape index (κ1) is 21.1. The minimum absolute atomic E-state index is 0.0270. The number of hydrogen-bond acceptors (Lipinski definition) is 4. The van der Waals surface area contributed by atoms with Crippen molar-refractivity contribution in [2.75, 3.05) is 10.6 Å². The van der Waals surface area contributed by atoms with Gasteiger partial charge in [-0.25, -0.2) is 4.98 Å². The van der Waals surface area contributed by atoms with Gasteiger partial charge in [-0.3, -0.25) is 9.59 Å². The van der Waals surface area contributed by atoms with Crippen LogP contribution in [0.25, 0.3) is 11.1 Å². The molecule has 164 valence electrons. The number of pyridine rings is 1. The van der Waals surface area contributed by atoms with Crippen LogP contribution in [0.5, 0.6) is 5.75 Å². The van der Waals surface area contributed by atoms with Gasteiger partial charge in [0.15, 0.2) is 0 Å². The van der Waals surface area contributed by atoms with Gasteiger partial charge in [0.2, 0.25) is 11.8 Å². The number of nitrogens with zero attached hydrogens (tertiary/aromatic N) is 1. The van der Waals surface area contributed by atoms with Crippen LogP contribution in [0, 0.1) is 11.8 Å². The maximum Gasteiger partial charge on any atom is 0.573 e. The Hall–Kier alpha value is -3.10. The third-order valence-corrected chi connectivity index (χ3v) is 5.42. The Balaban J connectivity index is 1.58. The zero-order valence-electron chi connectivity index (χ0n) is 16.7. The fraction of sp³-hybridized carbons (Fsp3) is 0.409. The highest BCUT2D eigenvalue weighted by Crippen LogP contribution is 2.33. The molecule has 2 aliphatic rings. The first-order valence-corrected chi connectivity index (χ1v) is 10.3. The minimum atomic E-state index is -4.77. The molecule has 1 aromatic heterocycles. The lowest BCUT2D eigenvalue weighted by Crippen LogP contribution is -2.21. The molecule has 9 heteroatoms. The number of alkyl halides is 3. The molecule has 0 bridgehead atoms. The predicted molar refractivity (Wildman–Crippen MR) is 108 cm³/mol. The molecule has 6 nitrogen and oxygen atoms in total. The average molecular weight is 433 g/mol. The number of aromatic nitrogens is 1. The average Bonchev–Trinajstić information content (AvgIpc) is 3.41. The Morgan fingerprint density at radius 1 is 0.839 bits per heavy atom. The lowest BCUT2D eigenvalue weighted by atomic mass is 10.1. The maximum absolute atomic E-state index is 12.5. The second-order valence-electron chi connectivity index (χ2n) is 7.93. The molecule has 1 heterocycles. The lowest BCUT2D eigenvalue weighted by Gasteiger charge is -2.14. The van der Waals surface area contributed by atoms with Crippen LogP contribution in [0.1, 0.15) is 38.5 Å². The number of ether oxygens (including phenoxy) is 1. The highest BCUT2D eigenvalue weighted by atomic mass is 19.4. The van der Waals surface area contributed by atoms with Crippen molar-refractivity contribution in [3.63, 3.8) is 0 Å². The number of rotatable bonds is 6. The highest BCUT2D eigenvalue weighted by molar-refractivity contribution is 5.95. The lowest BCUT2D eigenvalue weighted by molar-refractivity contribution is -0.274. The van der Waals surface area contributed by atoms with Crippen LogP contribution in [0.4, 0.5) is 24.8 Å². The highest BCUT2D eigenvalue weighted by Gasteiger charge is 2.31. The number of carbonyl (C=O) groups is 2. The molecule has 1 aromatic carbocycles. The van der Waals surface area contributed by atoms with Gasteiger partial charge in [0.25, 0.3) is 0 Å². The molecule has 2 saturated carbocycles. The smallest absolute Gasteiger partial charge is 0.406 e. The Labute approximate surface area is 177 Å². The molecule has 2 N–H and O–H groups in total. The molecule has 4 rings (SSSR count). The number of nitrogens with one attached hydrogen (secondary N) is 2. The van der Waals surface area contributed by atoms with Crippen molar-refractivity contribution in [1.82, 2.24) is 4.98 Å². The quantitative estimate of drug-likeness (QED) is 0.662. The van der Waals surface area contributed by atoms with E-state index in [9.17, 15) is 22.8 Å². The van der Waals surface area contributed by atoms with Gasteiger partial charge in [0, 0.05) is 11.8 Å². The van der Waals surface area contributed by atoms with E-state index in [1.807, 2.05) is 0 Å². The summed E-state index contributed by atoms with van der Waals surface area (Å²) in [5.74, 6) is -0.0954. The van der Waals surface area contributed by atoms with Gasteiger partial charge in [-0.15, -0.1) is 13.2 Å². The van der Waals surface area contributed by atoms with Crippen molar-refractivity contribution in [3.05, 3.63) is 36.4 Å². The van der Waals surface area contributed by atoms with E-state index < -0.39 is 6.36 Å². The summed E-state index contributed by atoms with van der Waals surface area (Å²) < 4.78 is 41.1. The van der Waals surface area contributed by atoms with Crippen LogP contribution >= 0.6 is 0 Å². The van der Waals surface area contributed by atoms with Crippen molar-refractivity contribution in [1.29, 1.82) is 0 Å². The molecule has 2 aromatic rings. The van der Waals surface area contributed by atoms with Crippen LogP contribution in [0.3, 0.4) is 0 Å². The van der Waals surface area contributed by atoms with E-state index in [-0.39, 0.29) is 41.0 Å². The molecular formula is C22H22F3N3O3. The van der Waals surface area contributed by atoms with Crippen LogP contribution in [-0.2, 0) is 9.59 Å². The molecule has 2 fully saturated rings. The molecule has 2 amide bonds. The standard InChI is InChI=1S/C22H22F3N3O3/c23-22(24,25)31-17-9-7-13(8-10-17)16-11-18(27-20(29)14-3-1-2-4-14)26-19(12-16)28-21(30)15-5-6-15/h7-12,14-15H,1-6H2,(H2,26,27,28,29,30). The summed E-state index contributed by atoms with van der Waals surface area (Å²) in [7, 11) is 0. The van der Waals surface area contributed by atoms with Crippen molar-refractivity contribution in [2.45, 2.75) is 44.9 Å². The van der Waals surface area contributed by atoms with Crippen LogP contribution in [0.15, 0.2) is 36.4 Å². The zero-order chi connectivity index (χ0) is 22.0. The maximum atomic E-state index is 12.5. The monoisotopic (exact) mass is 433 g/mol. The second kappa shape index (κ2) is 8.56. The normalized spacial score (nSPS) is 16.7. The Morgan fingerprint density at radius 2 is 1.35 bits per heavy atom. The summed E-state index contributed by atoms with van der Waals surface area (Å²) in [6.45, 7) is 0. The van der Waals surface area contributed by atoms with Gasteiger partial charge in [0.1, 0.15) is 17.4 Å². The molecular weight excluding hydrogens is 411 g/mol. The molecule has 0 aliphatic heterocycles. The zero-order valence-corrected chi connectivity index (χ0v) is 16.7. The van der Waals surface area contributed by atoms with Crippen LogP contribution in [-0.4, -0.2) is 23.2 Å². The Bertz CT molecular complexity index is 966. The molecule has 0 saturated heterocycles. The first-order valence-electron chi connectivity index (χ1n) is 10.3. The summed E-state index contributed by atoms with van der Waals surface area (Å²) in [6.07, 6.45) is 0.585. The van der Waals surface area contributed by atoms with E-state index in [1.165, 1.54) is 24.3 Å². The summed E-state index contributed by atoms with van der Waals surface area (Å²) in [6, 6.07) is 8.65. The molecule has 0 unspecified atom stereocenters. The van der Waals surface area contributed by atoms with Gasteiger partial charge >= 0.3 is 6.36 Å². The van der Waals surface area contributed by atoms with Crippen LogP contribution in [0.2, 0.25) is 0 Å². The first-order chi connectivity index (χ1) is 14.8. The third-order valence-electron chi connectivity index (χ3n) is 5.42. The Kier molecular flexibility index (Phi) is 5.84. The summed E-state index contributed by atoms with van der Waals surface area (Å²) >= 11 is 0. The van der Waals surface area contributed by atoms with Crippen LogP contribution < -0.4 is 15.4 Å². The summed E-state index contributed by atoms with van der Waals surface area (Å²) in [5, 5.41) is 5.59. The molecule has 2 aliphatic carbocycles. The predicted octanol–water partition coefficient (Wildman–Crippen LogP) is 5.12. The molecule has 0 atom stereocenters. The van der Waals surface area contributed by atoms with Crippen molar-refractivity contribution in [3.8, 4) is 16.9 Å². The number of hydrogen-bond donors (Lipinski definition) is 2. The second-order valence-corrected chi connectivity index (χ2v) is 7.93. The third kappa shape index (κ3) is 5.74. The topological polar surface area (TPSA) is 80.3 Å². The number of carbonyl (C=O) groups excluding carboxylic acids is 2. The van der Waals surface area contributed by atoms with Gasteiger partial charge < -0.3 is 15.4 Å². The summed E-state index contributed by atoms with van der Waals surface area (Å²) in [5.41, 5.74) is 1.19. The van der Waals surface area contributed by atoms with Gasteiger partial charge in [-0.2, -0.15) is 0 Å². The minimum Gasteiger partial charge on any atom is -0.406 e. The van der Waals surface area contributed by atoms with Crippen molar-refractivity contribution in [2.24, 2.45) is 11.8 Å². The fourth-order valence-electron chi connectivity index (χ4n) is 3.66. The van der Waals surface area contributed by atoms with E-state index in [0.29, 0.717) is 11.1 Å². The molecule has 0 spiro atoms. The van der Waals surface area contributed by atoms with E-state index in [4.69, 9.17) is 0 Å². The number of amides is 2.